The summed E-state index contributed by atoms with van der Waals surface area (Å²) in [6.07, 6.45) is -3.34. The lowest BCUT2D eigenvalue weighted by atomic mass is 10.1. The molecule has 0 spiro atoms. The summed E-state index contributed by atoms with van der Waals surface area (Å²) in [4.78, 5) is 27.4. The van der Waals surface area contributed by atoms with E-state index in [4.69, 9.17) is 0 Å². The summed E-state index contributed by atoms with van der Waals surface area (Å²) in [5.41, 5.74) is 1.96. The van der Waals surface area contributed by atoms with Gasteiger partial charge in [-0.1, -0.05) is 73.5 Å². The number of hydrogen-bond donors (Lipinski definition) is 2. The molecule has 0 aliphatic carbocycles. The summed E-state index contributed by atoms with van der Waals surface area (Å²) >= 11 is 0. The molecule has 7 nitrogen and oxygen atoms in total. The van der Waals surface area contributed by atoms with Crippen molar-refractivity contribution in [3.8, 4) is 16.9 Å². The van der Waals surface area contributed by atoms with Gasteiger partial charge in [-0.15, -0.1) is 0 Å². The molecule has 3 aromatic carbocycles. The lowest BCUT2D eigenvalue weighted by molar-refractivity contribution is -0.137. The maximum absolute atomic E-state index is 13.4. The maximum atomic E-state index is 13.4. The maximum Gasteiger partial charge on any atom is 0.418 e. The van der Waals surface area contributed by atoms with Gasteiger partial charge in [-0.05, 0) is 37.6 Å². The molecule has 4 rings (SSSR count). The van der Waals surface area contributed by atoms with Crippen LogP contribution in [0.2, 0.25) is 0 Å². The number of amides is 3. The van der Waals surface area contributed by atoms with Gasteiger partial charge in [-0.3, -0.25) is 4.79 Å². The SMILES string of the molecule is CCCCN(CC(=O)Nc1cc(-c2ccccc2)nn1-c1ccc(C)cc1)C(=O)Nc1ccccc1C(F)(F)F. The molecule has 10 heteroatoms. The van der Waals surface area contributed by atoms with Crippen LogP contribution in [0.25, 0.3) is 16.9 Å². The van der Waals surface area contributed by atoms with E-state index >= 15 is 0 Å². The number of anilines is 2. The van der Waals surface area contributed by atoms with Crippen LogP contribution in [-0.2, 0) is 11.0 Å². The number of nitrogens with zero attached hydrogens (tertiary/aromatic N) is 3. The Kier molecular flexibility index (Phi) is 8.88. The number of halogens is 3. The summed E-state index contributed by atoms with van der Waals surface area (Å²) in [6.45, 7) is 3.71. The Bertz CT molecular complexity index is 1450. The van der Waals surface area contributed by atoms with Crippen molar-refractivity contribution in [2.24, 2.45) is 0 Å². The first-order chi connectivity index (χ1) is 19.2. The van der Waals surface area contributed by atoms with Crippen molar-refractivity contribution in [2.45, 2.75) is 32.9 Å². The molecule has 3 amide bonds. The first-order valence-electron chi connectivity index (χ1n) is 12.9. The average Bonchev–Trinajstić information content (AvgIpc) is 3.35. The fraction of sp³-hybridized carbons (Fsp3) is 0.233. The largest absolute Gasteiger partial charge is 0.418 e. The number of rotatable bonds is 9. The van der Waals surface area contributed by atoms with Gasteiger partial charge in [-0.25, -0.2) is 9.48 Å². The van der Waals surface area contributed by atoms with Crippen LogP contribution in [0.3, 0.4) is 0 Å². The molecule has 0 unspecified atom stereocenters. The number of unbranched alkanes of at least 4 members (excludes halogenated alkanes) is 1. The highest BCUT2D eigenvalue weighted by Gasteiger charge is 2.34. The van der Waals surface area contributed by atoms with Crippen molar-refractivity contribution in [1.29, 1.82) is 0 Å². The molecule has 0 aliphatic rings. The van der Waals surface area contributed by atoms with Crippen LogP contribution in [0.5, 0.6) is 0 Å². The third-order valence-corrected chi connectivity index (χ3v) is 6.20. The van der Waals surface area contributed by atoms with Crippen LogP contribution in [0, 0.1) is 6.92 Å². The number of carbonyl (C=O) groups excluding carboxylic acids is 2. The van der Waals surface area contributed by atoms with E-state index in [2.05, 4.69) is 15.7 Å². The van der Waals surface area contributed by atoms with E-state index in [1.807, 2.05) is 68.4 Å². The van der Waals surface area contributed by atoms with Crippen molar-refractivity contribution in [3.63, 3.8) is 0 Å². The van der Waals surface area contributed by atoms with Crippen LogP contribution >= 0.6 is 0 Å². The smallest absolute Gasteiger partial charge is 0.315 e. The van der Waals surface area contributed by atoms with E-state index < -0.39 is 23.7 Å². The second-order valence-electron chi connectivity index (χ2n) is 9.32. The number of carbonyl (C=O) groups is 2. The summed E-state index contributed by atoms with van der Waals surface area (Å²) in [7, 11) is 0. The van der Waals surface area contributed by atoms with Gasteiger partial charge in [0.15, 0.2) is 0 Å². The van der Waals surface area contributed by atoms with Crippen LogP contribution in [0.1, 0.15) is 30.9 Å². The lowest BCUT2D eigenvalue weighted by Gasteiger charge is -2.23. The van der Waals surface area contributed by atoms with Gasteiger partial charge in [-0.2, -0.15) is 18.3 Å². The molecule has 0 atom stereocenters. The summed E-state index contributed by atoms with van der Waals surface area (Å²) in [5, 5.41) is 9.86. The number of para-hydroxylation sites is 1. The van der Waals surface area contributed by atoms with Crippen LogP contribution in [0.4, 0.5) is 29.5 Å². The van der Waals surface area contributed by atoms with Crippen LogP contribution < -0.4 is 10.6 Å². The van der Waals surface area contributed by atoms with Crippen molar-refractivity contribution >= 4 is 23.4 Å². The normalized spacial score (nSPS) is 11.2. The zero-order valence-corrected chi connectivity index (χ0v) is 22.2. The number of urea groups is 1. The molecular weight excluding hydrogens is 519 g/mol. The zero-order valence-electron chi connectivity index (χ0n) is 22.2. The number of aromatic nitrogens is 2. The van der Waals surface area contributed by atoms with Crippen LogP contribution in [-0.4, -0.2) is 39.7 Å². The molecule has 0 bridgehead atoms. The second kappa shape index (κ2) is 12.5. The molecule has 0 saturated carbocycles. The van der Waals surface area contributed by atoms with E-state index in [0.29, 0.717) is 17.9 Å². The quantitative estimate of drug-likeness (QED) is 0.233. The molecule has 0 aliphatic heterocycles. The molecule has 0 radical (unpaired) electrons. The van der Waals surface area contributed by atoms with E-state index in [9.17, 15) is 22.8 Å². The number of alkyl halides is 3. The minimum atomic E-state index is -4.64. The Labute approximate surface area is 230 Å². The van der Waals surface area contributed by atoms with Crippen molar-refractivity contribution in [1.82, 2.24) is 14.7 Å². The first-order valence-corrected chi connectivity index (χ1v) is 12.9. The van der Waals surface area contributed by atoms with E-state index in [0.717, 1.165) is 29.3 Å². The number of aryl methyl sites for hydroxylation is 1. The van der Waals surface area contributed by atoms with Gasteiger partial charge in [0.25, 0.3) is 0 Å². The molecule has 208 valence electrons. The van der Waals surface area contributed by atoms with Gasteiger partial charge in [0.2, 0.25) is 5.91 Å². The predicted molar refractivity (Wildman–Crippen MR) is 149 cm³/mol. The second-order valence-corrected chi connectivity index (χ2v) is 9.32. The number of benzene rings is 3. The van der Waals surface area contributed by atoms with Gasteiger partial charge in [0.05, 0.1) is 22.6 Å². The molecule has 0 saturated heterocycles. The predicted octanol–water partition coefficient (Wildman–Crippen LogP) is 7.14. The monoisotopic (exact) mass is 549 g/mol. The van der Waals surface area contributed by atoms with Gasteiger partial charge >= 0.3 is 12.2 Å². The van der Waals surface area contributed by atoms with E-state index in [-0.39, 0.29) is 18.8 Å². The zero-order chi connectivity index (χ0) is 28.7. The molecule has 40 heavy (non-hydrogen) atoms. The average molecular weight is 550 g/mol. The summed E-state index contributed by atoms with van der Waals surface area (Å²) in [6, 6.07) is 22.8. The Morgan fingerprint density at radius 1 is 0.925 bits per heavy atom. The molecule has 1 aromatic heterocycles. The van der Waals surface area contributed by atoms with Crippen LogP contribution in [0.15, 0.2) is 84.9 Å². The third-order valence-electron chi connectivity index (χ3n) is 6.20. The Balaban J connectivity index is 1.57. The Hall–Kier alpha value is -4.60. The van der Waals surface area contributed by atoms with Gasteiger partial charge in [0, 0.05) is 18.2 Å². The molecule has 2 N–H and O–H groups in total. The highest BCUT2D eigenvalue weighted by Crippen LogP contribution is 2.34. The topological polar surface area (TPSA) is 79.3 Å². The first kappa shape index (κ1) is 28.4. The summed E-state index contributed by atoms with van der Waals surface area (Å²) in [5.74, 6) is -0.116. The fourth-order valence-electron chi connectivity index (χ4n) is 4.09. The molecule has 1 heterocycles. The minimum absolute atomic E-state index is 0.191. The number of nitrogens with one attached hydrogen (secondary N) is 2. The Morgan fingerprint density at radius 2 is 1.60 bits per heavy atom. The number of hydrogen-bond acceptors (Lipinski definition) is 3. The van der Waals surface area contributed by atoms with Gasteiger partial charge < -0.3 is 15.5 Å². The molecule has 4 aromatic rings. The summed E-state index contributed by atoms with van der Waals surface area (Å²) < 4.78 is 41.9. The van der Waals surface area contributed by atoms with E-state index in [1.165, 1.54) is 23.1 Å². The van der Waals surface area contributed by atoms with Gasteiger partial charge in [0.1, 0.15) is 12.4 Å². The fourth-order valence-corrected chi connectivity index (χ4v) is 4.09. The van der Waals surface area contributed by atoms with E-state index in [1.54, 1.807) is 10.7 Å². The third kappa shape index (κ3) is 7.07. The van der Waals surface area contributed by atoms with Crippen molar-refractivity contribution in [2.75, 3.05) is 23.7 Å². The molecule has 0 fully saturated rings. The highest BCUT2D eigenvalue weighted by atomic mass is 19.4. The lowest BCUT2D eigenvalue weighted by Crippen LogP contribution is -2.41. The Morgan fingerprint density at radius 3 is 2.27 bits per heavy atom. The highest BCUT2D eigenvalue weighted by molar-refractivity contribution is 5.97. The van der Waals surface area contributed by atoms with Crippen molar-refractivity contribution < 1.29 is 22.8 Å². The minimum Gasteiger partial charge on any atom is -0.315 e. The van der Waals surface area contributed by atoms with Crippen molar-refractivity contribution in [3.05, 3.63) is 96.1 Å². The standard InChI is InChI=1S/C30H30F3N5O2/c1-3-4-18-37(29(40)34-25-13-9-8-12-24(25)30(31,32)33)20-28(39)35-27-19-26(22-10-6-5-7-11-22)36-38(27)23-16-14-21(2)15-17-23/h5-17,19H,3-4,18,20H2,1-2H3,(H,34,40)(H,35,39). The molecular formula is C30H30F3N5O2.